The molecule has 3 aromatic rings. The topological polar surface area (TPSA) is 75.5 Å². The maximum Gasteiger partial charge on any atom is 0.308 e. The zero-order valence-corrected chi connectivity index (χ0v) is 16.7. The fraction of sp³-hybridized carbons (Fsp3) is 0.409. The summed E-state index contributed by atoms with van der Waals surface area (Å²) in [6, 6.07) is 9.80. The van der Waals surface area contributed by atoms with E-state index in [0.29, 0.717) is 6.54 Å². The lowest BCUT2D eigenvalue weighted by Gasteiger charge is -2.27. The van der Waals surface area contributed by atoms with Gasteiger partial charge in [-0.15, -0.1) is 0 Å². The van der Waals surface area contributed by atoms with Crippen LogP contribution in [0.5, 0.6) is 11.5 Å². The SMILES string of the molecule is COc1ccc(Cn2ncc3c(O[C@H]4CC[C@@H](C(=O)OC)CC4)ccnc32)cc1. The molecule has 0 amide bonds. The monoisotopic (exact) mass is 395 g/mol. The van der Waals surface area contributed by atoms with Gasteiger partial charge in [-0.25, -0.2) is 9.67 Å². The first-order valence-electron chi connectivity index (χ1n) is 9.86. The van der Waals surface area contributed by atoms with Crippen LogP contribution in [0.4, 0.5) is 0 Å². The Kier molecular flexibility index (Phi) is 5.64. The predicted octanol–water partition coefficient (Wildman–Crippen LogP) is 3.60. The van der Waals surface area contributed by atoms with Crippen LogP contribution < -0.4 is 9.47 Å². The second-order valence-corrected chi connectivity index (χ2v) is 7.31. The van der Waals surface area contributed by atoms with Gasteiger partial charge in [0.15, 0.2) is 5.65 Å². The number of nitrogens with zero attached hydrogens (tertiary/aromatic N) is 3. The molecule has 0 aliphatic heterocycles. The van der Waals surface area contributed by atoms with E-state index >= 15 is 0 Å². The van der Waals surface area contributed by atoms with Crippen LogP contribution in [0.15, 0.2) is 42.7 Å². The first kappa shape index (κ1) is 19.2. The third-order valence-corrected chi connectivity index (χ3v) is 5.49. The number of carbonyl (C=O) groups excluding carboxylic acids is 1. The molecule has 29 heavy (non-hydrogen) atoms. The summed E-state index contributed by atoms with van der Waals surface area (Å²) in [4.78, 5) is 16.2. The minimum atomic E-state index is -0.116. The van der Waals surface area contributed by atoms with Gasteiger partial charge in [-0.05, 0) is 49.4 Å². The molecule has 7 nitrogen and oxygen atoms in total. The molecule has 1 fully saturated rings. The zero-order valence-electron chi connectivity index (χ0n) is 16.7. The minimum absolute atomic E-state index is 0.00967. The van der Waals surface area contributed by atoms with Gasteiger partial charge in [0.2, 0.25) is 0 Å². The van der Waals surface area contributed by atoms with Crippen molar-refractivity contribution in [1.29, 1.82) is 0 Å². The van der Waals surface area contributed by atoms with E-state index in [1.54, 1.807) is 19.5 Å². The van der Waals surface area contributed by atoms with E-state index in [1.807, 2.05) is 35.0 Å². The number of aromatic nitrogens is 3. The Labute approximate surface area is 169 Å². The number of ether oxygens (including phenoxy) is 3. The molecule has 0 bridgehead atoms. The molecule has 2 heterocycles. The number of pyridine rings is 1. The number of benzene rings is 1. The zero-order chi connectivity index (χ0) is 20.2. The second kappa shape index (κ2) is 8.51. The van der Waals surface area contributed by atoms with E-state index in [1.165, 1.54) is 7.11 Å². The van der Waals surface area contributed by atoms with Crippen LogP contribution in [-0.2, 0) is 16.1 Å². The van der Waals surface area contributed by atoms with Crippen molar-refractivity contribution in [3.8, 4) is 11.5 Å². The average Bonchev–Trinajstić information content (AvgIpc) is 3.18. The number of hydrogen-bond acceptors (Lipinski definition) is 6. The van der Waals surface area contributed by atoms with Crippen LogP contribution in [0.25, 0.3) is 11.0 Å². The number of carbonyl (C=O) groups is 1. The largest absolute Gasteiger partial charge is 0.497 e. The lowest BCUT2D eigenvalue weighted by Crippen LogP contribution is -2.28. The van der Waals surface area contributed by atoms with E-state index in [9.17, 15) is 4.79 Å². The van der Waals surface area contributed by atoms with Crippen molar-refractivity contribution in [2.24, 2.45) is 5.92 Å². The van der Waals surface area contributed by atoms with Gasteiger partial charge in [-0.3, -0.25) is 4.79 Å². The summed E-state index contributed by atoms with van der Waals surface area (Å²) in [5.41, 5.74) is 1.91. The van der Waals surface area contributed by atoms with E-state index in [-0.39, 0.29) is 18.0 Å². The summed E-state index contributed by atoms with van der Waals surface area (Å²) in [7, 11) is 3.10. The fourth-order valence-corrected chi connectivity index (χ4v) is 3.84. The molecule has 0 saturated heterocycles. The Morgan fingerprint density at radius 1 is 1.10 bits per heavy atom. The third kappa shape index (κ3) is 4.18. The number of fused-ring (bicyclic) bond motifs is 1. The van der Waals surface area contributed by atoms with Crippen molar-refractivity contribution in [2.45, 2.75) is 38.3 Å². The Hall–Kier alpha value is -3.09. The Morgan fingerprint density at radius 2 is 1.86 bits per heavy atom. The van der Waals surface area contributed by atoms with Gasteiger partial charge in [0.05, 0.1) is 44.4 Å². The van der Waals surface area contributed by atoms with E-state index in [2.05, 4.69) is 10.1 Å². The van der Waals surface area contributed by atoms with Crippen molar-refractivity contribution in [3.05, 3.63) is 48.3 Å². The molecule has 0 unspecified atom stereocenters. The Bertz CT molecular complexity index is 975. The van der Waals surface area contributed by atoms with E-state index < -0.39 is 0 Å². The standard InChI is InChI=1S/C22H25N3O4/c1-27-17-7-3-15(4-8-17)14-25-21-19(13-24-25)20(11-12-23-21)29-18-9-5-16(6-10-18)22(26)28-2/h3-4,7-8,11-13,16,18H,5-6,9-10,14H2,1-2H3/t16-,18+. The summed E-state index contributed by atoms with van der Waals surface area (Å²) in [6.07, 6.45) is 6.91. The van der Waals surface area contributed by atoms with Crippen LogP contribution in [0, 0.1) is 5.92 Å². The third-order valence-electron chi connectivity index (χ3n) is 5.49. The maximum atomic E-state index is 11.7. The van der Waals surface area contributed by atoms with Gasteiger partial charge < -0.3 is 14.2 Å². The van der Waals surface area contributed by atoms with Crippen LogP contribution in [-0.4, -0.2) is 41.1 Å². The number of hydrogen-bond donors (Lipinski definition) is 0. The summed E-state index contributed by atoms with van der Waals surface area (Å²) >= 11 is 0. The molecule has 0 atom stereocenters. The van der Waals surface area contributed by atoms with E-state index in [4.69, 9.17) is 14.2 Å². The average molecular weight is 395 g/mol. The predicted molar refractivity (Wildman–Crippen MR) is 108 cm³/mol. The lowest BCUT2D eigenvalue weighted by atomic mass is 9.87. The van der Waals surface area contributed by atoms with Gasteiger partial charge in [0.25, 0.3) is 0 Å². The summed E-state index contributed by atoms with van der Waals surface area (Å²) in [5.74, 6) is 1.49. The van der Waals surface area contributed by atoms with E-state index in [0.717, 1.165) is 53.8 Å². The molecular weight excluding hydrogens is 370 g/mol. The quantitative estimate of drug-likeness (QED) is 0.594. The fourth-order valence-electron chi connectivity index (χ4n) is 3.84. The van der Waals surface area contributed by atoms with Gasteiger partial charge in [0, 0.05) is 6.20 Å². The van der Waals surface area contributed by atoms with Crippen LogP contribution in [0.2, 0.25) is 0 Å². The molecule has 4 rings (SSSR count). The molecular formula is C22H25N3O4. The van der Waals surface area contributed by atoms with Crippen LogP contribution in [0.1, 0.15) is 31.2 Å². The van der Waals surface area contributed by atoms with Crippen molar-refractivity contribution in [2.75, 3.05) is 14.2 Å². The molecule has 1 aliphatic rings. The molecule has 7 heteroatoms. The molecule has 0 spiro atoms. The lowest BCUT2D eigenvalue weighted by molar-refractivity contribution is -0.147. The molecule has 2 aromatic heterocycles. The molecule has 0 N–H and O–H groups in total. The van der Waals surface area contributed by atoms with Crippen molar-refractivity contribution >= 4 is 17.0 Å². The highest BCUT2D eigenvalue weighted by molar-refractivity contribution is 5.81. The number of rotatable bonds is 6. The van der Waals surface area contributed by atoms with Crippen molar-refractivity contribution in [3.63, 3.8) is 0 Å². The number of esters is 1. The molecule has 1 aliphatic carbocycles. The van der Waals surface area contributed by atoms with Gasteiger partial charge in [0.1, 0.15) is 11.5 Å². The normalized spacial score (nSPS) is 19.1. The smallest absolute Gasteiger partial charge is 0.308 e. The van der Waals surface area contributed by atoms with Crippen molar-refractivity contribution in [1.82, 2.24) is 14.8 Å². The van der Waals surface area contributed by atoms with Gasteiger partial charge in [-0.2, -0.15) is 5.10 Å². The summed E-state index contributed by atoms with van der Waals surface area (Å²) < 4.78 is 18.2. The molecule has 1 aromatic carbocycles. The Morgan fingerprint density at radius 3 is 2.55 bits per heavy atom. The first-order chi connectivity index (χ1) is 14.2. The molecule has 0 radical (unpaired) electrons. The van der Waals surface area contributed by atoms with Crippen molar-refractivity contribution < 1.29 is 19.0 Å². The highest BCUT2D eigenvalue weighted by atomic mass is 16.5. The highest BCUT2D eigenvalue weighted by Crippen LogP contribution is 2.31. The van der Waals surface area contributed by atoms with Crippen LogP contribution in [0.3, 0.4) is 0 Å². The minimum Gasteiger partial charge on any atom is -0.497 e. The van der Waals surface area contributed by atoms with Gasteiger partial charge in [-0.1, -0.05) is 12.1 Å². The highest BCUT2D eigenvalue weighted by Gasteiger charge is 2.28. The maximum absolute atomic E-state index is 11.7. The molecule has 1 saturated carbocycles. The summed E-state index contributed by atoms with van der Waals surface area (Å²) in [6.45, 7) is 0.619. The first-order valence-corrected chi connectivity index (χ1v) is 9.86. The number of methoxy groups -OCH3 is 2. The summed E-state index contributed by atoms with van der Waals surface area (Å²) in [5, 5.41) is 5.41. The second-order valence-electron chi connectivity index (χ2n) is 7.31. The Balaban J connectivity index is 1.47. The molecule has 152 valence electrons. The van der Waals surface area contributed by atoms with Crippen LogP contribution >= 0.6 is 0 Å². The van der Waals surface area contributed by atoms with Gasteiger partial charge >= 0.3 is 5.97 Å².